The van der Waals surface area contributed by atoms with E-state index in [0.29, 0.717) is 17.7 Å². The van der Waals surface area contributed by atoms with Gasteiger partial charge in [0.05, 0.1) is 0 Å². The molecule has 3 heterocycles. The van der Waals surface area contributed by atoms with Crippen LogP contribution in [0.25, 0.3) is 0 Å². The molecule has 1 fully saturated rings. The number of alkyl halides is 1. The van der Waals surface area contributed by atoms with Gasteiger partial charge in [0.1, 0.15) is 22.8 Å². The third-order valence-corrected chi connectivity index (χ3v) is 6.58. The number of fused-ring (bicyclic) bond motifs is 1. The van der Waals surface area contributed by atoms with Crippen LogP contribution in [0.3, 0.4) is 0 Å². The number of carbonyl (C=O) groups excluding carboxylic acids is 3. The molecule has 0 aliphatic carbocycles. The number of carbonyl (C=O) groups is 4. The van der Waals surface area contributed by atoms with E-state index in [4.69, 9.17) is 22.9 Å². The molecule has 0 spiro atoms. The first-order valence-corrected chi connectivity index (χ1v) is 11.0. The number of carboxylic acid groups (broad SMARTS) is 1. The number of halogens is 1. The molecule has 1 aromatic heterocycles. The zero-order valence-electron chi connectivity index (χ0n) is 15.5. The Hall–Kier alpha value is -3.08. The van der Waals surface area contributed by atoms with Gasteiger partial charge in [0.15, 0.2) is 17.5 Å². The highest BCUT2D eigenvalue weighted by atomic mass is 35.5. The third-order valence-electron chi connectivity index (χ3n) is 4.15. The average Bonchev–Trinajstić information content (AvgIpc) is 3.22. The van der Waals surface area contributed by atoms with Crippen molar-refractivity contribution >= 4 is 69.7 Å². The highest BCUT2D eigenvalue weighted by Gasteiger charge is 2.54. The first kappa shape index (κ1) is 22.6. The minimum absolute atomic E-state index is 0.0214. The fourth-order valence-corrected chi connectivity index (χ4v) is 5.17. The van der Waals surface area contributed by atoms with Crippen molar-refractivity contribution in [1.29, 1.82) is 0 Å². The second kappa shape index (κ2) is 9.82. The highest BCUT2D eigenvalue weighted by molar-refractivity contribution is 8.00. The van der Waals surface area contributed by atoms with Gasteiger partial charge in [-0.2, -0.15) is 0 Å². The molecule has 162 valence electrons. The number of nitrogens with one attached hydrogen (secondary N) is 2. The number of oxime groups is 1. The van der Waals surface area contributed by atoms with Gasteiger partial charge < -0.3 is 20.6 Å². The van der Waals surface area contributed by atoms with Crippen molar-refractivity contribution in [2.24, 2.45) is 5.16 Å². The molecular formula is C17H14ClN5O6S2. The Bertz CT molecular complexity index is 1030. The van der Waals surface area contributed by atoms with E-state index in [-0.39, 0.29) is 34.7 Å². The first-order chi connectivity index (χ1) is 14.9. The van der Waals surface area contributed by atoms with Gasteiger partial charge in [-0.3, -0.25) is 19.3 Å². The molecule has 1 saturated heterocycles. The zero-order chi connectivity index (χ0) is 22.5. The summed E-state index contributed by atoms with van der Waals surface area (Å²) in [7, 11) is 0. The van der Waals surface area contributed by atoms with Crippen molar-refractivity contribution in [2.75, 3.05) is 23.6 Å². The van der Waals surface area contributed by atoms with E-state index in [1.165, 1.54) is 17.1 Å². The summed E-state index contributed by atoms with van der Waals surface area (Å²) < 4.78 is 0. The summed E-state index contributed by atoms with van der Waals surface area (Å²) in [5.41, 5.74) is 0.105. The van der Waals surface area contributed by atoms with E-state index in [9.17, 15) is 24.3 Å². The Balaban J connectivity index is 1.80. The Labute approximate surface area is 188 Å². The summed E-state index contributed by atoms with van der Waals surface area (Å²) in [4.78, 5) is 57.7. The molecule has 3 N–H and O–H groups in total. The quantitative estimate of drug-likeness (QED) is 0.0847. The number of hydrogen-bond donors (Lipinski definition) is 3. The van der Waals surface area contributed by atoms with Crippen molar-refractivity contribution in [3.63, 3.8) is 0 Å². The Morgan fingerprint density at radius 1 is 1.55 bits per heavy atom. The molecule has 0 aromatic carbocycles. The van der Waals surface area contributed by atoms with Gasteiger partial charge in [-0.05, 0) is 5.57 Å². The number of nitrogens with zero attached hydrogens (tertiary/aromatic N) is 3. The smallest absolute Gasteiger partial charge is 0.352 e. The second-order valence-electron chi connectivity index (χ2n) is 5.97. The molecule has 0 radical (unpaired) electrons. The minimum atomic E-state index is -1.26. The van der Waals surface area contributed by atoms with Gasteiger partial charge in [0, 0.05) is 17.0 Å². The van der Waals surface area contributed by atoms with Gasteiger partial charge in [0.2, 0.25) is 6.41 Å². The Kier molecular flexibility index (Phi) is 7.16. The molecule has 2 aliphatic heterocycles. The van der Waals surface area contributed by atoms with E-state index in [1.54, 1.807) is 0 Å². The fraction of sp³-hybridized carbons (Fsp3) is 0.294. The number of β-lactam (4-membered cyclic amide) rings is 1. The van der Waals surface area contributed by atoms with Gasteiger partial charge in [-0.25, -0.2) is 9.78 Å². The summed E-state index contributed by atoms with van der Waals surface area (Å²) in [6.07, 6.45) is 5.54. The molecule has 14 heteroatoms. The van der Waals surface area contributed by atoms with Crippen molar-refractivity contribution < 1.29 is 29.1 Å². The lowest BCUT2D eigenvalue weighted by atomic mass is 10.0. The van der Waals surface area contributed by atoms with Gasteiger partial charge in [-0.1, -0.05) is 11.1 Å². The van der Waals surface area contributed by atoms with Crippen LogP contribution in [0, 0.1) is 12.3 Å². The van der Waals surface area contributed by atoms with E-state index in [1.807, 2.05) is 0 Å². The molecule has 3 rings (SSSR count). The molecule has 3 amide bonds. The SMILES string of the molecule is C#CCO/N=C(\C(=O)NC1C(=O)N2C(C(=O)O)=C(CCl)CS[C@H]12)c1csc(NC=O)n1. The molecule has 11 nitrogen and oxygen atoms in total. The number of carboxylic acids is 1. The highest BCUT2D eigenvalue weighted by Crippen LogP contribution is 2.40. The number of anilines is 1. The van der Waals surface area contributed by atoms with Crippen LogP contribution in [0.5, 0.6) is 0 Å². The van der Waals surface area contributed by atoms with Gasteiger partial charge >= 0.3 is 5.97 Å². The summed E-state index contributed by atoms with van der Waals surface area (Å²) in [6, 6.07) is -0.979. The van der Waals surface area contributed by atoms with Crippen molar-refractivity contribution in [3.05, 3.63) is 22.3 Å². The number of amides is 3. The summed E-state index contributed by atoms with van der Waals surface area (Å²) in [5, 5.41) is 19.1. The van der Waals surface area contributed by atoms with Crippen LogP contribution in [0.2, 0.25) is 0 Å². The molecule has 1 unspecified atom stereocenters. The fourth-order valence-electron chi connectivity index (χ4n) is 2.83. The summed E-state index contributed by atoms with van der Waals surface area (Å²) in [6.45, 7) is -0.205. The molecule has 0 bridgehead atoms. The van der Waals surface area contributed by atoms with Crippen LogP contribution in [-0.4, -0.2) is 74.6 Å². The van der Waals surface area contributed by atoms with Crippen LogP contribution in [-0.2, 0) is 24.0 Å². The largest absolute Gasteiger partial charge is 0.477 e. The van der Waals surface area contributed by atoms with E-state index >= 15 is 0 Å². The maximum absolute atomic E-state index is 12.8. The van der Waals surface area contributed by atoms with Crippen molar-refractivity contribution in [2.45, 2.75) is 11.4 Å². The van der Waals surface area contributed by atoms with Crippen molar-refractivity contribution in [1.82, 2.24) is 15.2 Å². The lowest BCUT2D eigenvalue weighted by Gasteiger charge is -2.49. The van der Waals surface area contributed by atoms with Gasteiger partial charge in [-0.15, -0.1) is 41.1 Å². The molecule has 2 atom stereocenters. The van der Waals surface area contributed by atoms with E-state index < -0.39 is 29.2 Å². The van der Waals surface area contributed by atoms with Gasteiger partial charge in [0.25, 0.3) is 11.8 Å². The molecule has 1 aromatic rings. The normalized spacial score (nSPS) is 20.3. The number of rotatable bonds is 9. The van der Waals surface area contributed by atoms with E-state index in [2.05, 4.69) is 26.7 Å². The minimum Gasteiger partial charge on any atom is -0.477 e. The Morgan fingerprint density at radius 2 is 2.32 bits per heavy atom. The second-order valence-corrected chi connectivity index (χ2v) is 8.20. The number of hydrogen-bond acceptors (Lipinski definition) is 9. The van der Waals surface area contributed by atoms with E-state index in [0.717, 1.165) is 16.2 Å². The molecular weight excluding hydrogens is 470 g/mol. The monoisotopic (exact) mass is 483 g/mol. The first-order valence-electron chi connectivity index (χ1n) is 8.49. The van der Waals surface area contributed by atoms with Crippen LogP contribution >= 0.6 is 34.7 Å². The molecule has 2 aliphatic rings. The number of terminal acetylenes is 1. The number of aliphatic carboxylic acids is 1. The standard InChI is InChI=1S/C17H14ClN5O6S2/c1-2-3-29-22-10(9-6-31-17(20-9)19-7-24)13(25)21-11-14(26)23-12(16(27)28)8(4-18)5-30-15(11)23/h1,6-7,11,15H,3-5H2,(H,21,25)(H,27,28)(H,19,20,24)/b22-10-/t11?,15-/m1/s1. The lowest BCUT2D eigenvalue weighted by molar-refractivity contribution is -0.150. The van der Waals surface area contributed by atoms with Crippen LogP contribution < -0.4 is 10.6 Å². The average molecular weight is 484 g/mol. The maximum Gasteiger partial charge on any atom is 0.352 e. The lowest BCUT2D eigenvalue weighted by Crippen LogP contribution is -2.71. The van der Waals surface area contributed by atoms with Crippen LogP contribution in [0.4, 0.5) is 5.13 Å². The van der Waals surface area contributed by atoms with Crippen molar-refractivity contribution in [3.8, 4) is 12.3 Å². The summed E-state index contributed by atoms with van der Waals surface area (Å²) in [5.74, 6) is -0.137. The maximum atomic E-state index is 12.8. The number of thioether (sulfide) groups is 1. The predicted molar refractivity (Wildman–Crippen MR) is 114 cm³/mol. The topological polar surface area (TPSA) is 150 Å². The number of aromatic nitrogens is 1. The zero-order valence-corrected chi connectivity index (χ0v) is 17.9. The Morgan fingerprint density at radius 3 is 2.97 bits per heavy atom. The van der Waals surface area contributed by atoms with Crippen LogP contribution in [0.15, 0.2) is 21.8 Å². The summed E-state index contributed by atoms with van der Waals surface area (Å²) >= 11 is 8.13. The number of thiazole rings is 1. The van der Waals surface area contributed by atoms with Crippen LogP contribution in [0.1, 0.15) is 5.69 Å². The molecule has 0 saturated carbocycles. The predicted octanol–water partition coefficient (Wildman–Crippen LogP) is 0.0427. The third kappa shape index (κ3) is 4.50. The molecule has 31 heavy (non-hydrogen) atoms.